The van der Waals surface area contributed by atoms with Crippen LogP contribution in [0.2, 0.25) is 0 Å². The quantitative estimate of drug-likeness (QED) is 0.543. The number of thioether (sulfide) groups is 1. The van der Waals surface area contributed by atoms with Crippen molar-refractivity contribution in [1.82, 2.24) is 5.32 Å². The molecule has 1 heterocycles. The lowest BCUT2D eigenvalue weighted by Crippen LogP contribution is -2.35. The first-order chi connectivity index (χ1) is 15.8. The summed E-state index contributed by atoms with van der Waals surface area (Å²) < 4.78 is 5.33. The molecule has 2 amide bonds. The summed E-state index contributed by atoms with van der Waals surface area (Å²) in [4.78, 5) is 31.8. The summed E-state index contributed by atoms with van der Waals surface area (Å²) in [6.07, 6.45) is 2.64. The van der Waals surface area contributed by atoms with Gasteiger partial charge in [-0.15, -0.1) is 0 Å². The molecular weight excluding hydrogens is 434 g/mol. The van der Waals surface area contributed by atoms with Gasteiger partial charge in [0.25, 0.3) is 5.91 Å². The van der Waals surface area contributed by atoms with Crippen LogP contribution in [0, 0.1) is 0 Å². The Morgan fingerprint density at radius 1 is 1.18 bits per heavy atom. The van der Waals surface area contributed by atoms with E-state index in [0.29, 0.717) is 28.2 Å². The molecular formula is C26H31N3O3S. The van der Waals surface area contributed by atoms with Gasteiger partial charge in [-0.3, -0.25) is 14.5 Å². The number of rotatable bonds is 8. The van der Waals surface area contributed by atoms with Crippen molar-refractivity contribution in [2.75, 3.05) is 17.8 Å². The summed E-state index contributed by atoms with van der Waals surface area (Å²) in [7, 11) is 1.58. The molecule has 1 unspecified atom stereocenters. The number of carbonyl (C=O) groups is 2. The lowest BCUT2D eigenvalue weighted by Gasteiger charge is -2.18. The molecule has 2 aromatic carbocycles. The summed E-state index contributed by atoms with van der Waals surface area (Å²) in [6, 6.07) is 15.5. The van der Waals surface area contributed by atoms with Gasteiger partial charge < -0.3 is 10.1 Å². The summed E-state index contributed by atoms with van der Waals surface area (Å²) in [5, 5.41) is 3.42. The normalized spacial score (nSPS) is 15.7. The van der Waals surface area contributed by atoms with Crippen LogP contribution in [0.3, 0.4) is 0 Å². The molecule has 1 atom stereocenters. The van der Waals surface area contributed by atoms with E-state index in [9.17, 15) is 9.59 Å². The molecule has 0 saturated carbocycles. The average molecular weight is 466 g/mol. The fourth-order valence-corrected chi connectivity index (χ4v) is 4.08. The van der Waals surface area contributed by atoms with E-state index in [4.69, 9.17) is 4.74 Å². The van der Waals surface area contributed by atoms with E-state index in [-0.39, 0.29) is 23.6 Å². The van der Waals surface area contributed by atoms with Gasteiger partial charge in [-0.25, -0.2) is 4.99 Å². The van der Waals surface area contributed by atoms with Crippen molar-refractivity contribution < 1.29 is 14.3 Å². The summed E-state index contributed by atoms with van der Waals surface area (Å²) in [5.74, 6) is 0.928. The van der Waals surface area contributed by atoms with Crippen LogP contribution in [0.5, 0.6) is 5.75 Å². The first kappa shape index (κ1) is 24.6. The maximum absolute atomic E-state index is 13.4. The molecule has 0 aromatic heterocycles. The Kier molecular flexibility index (Phi) is 8.33. The maximum atomic E-state index is 13.4. The van der Waals surface area contributed by atoms with Crippen molar-refractivity contribution in [2.45, 2.75) is 46.1 Å². The number of nitrogens with zero attached hydrogens (tertiary/aromatic N) is 2. The van der Waals surface area contributed by atoms with Crippen LogP contribution >= 0.6 is 11.8 Å². The molecule has 0 aliphatic carbocycles. The third-order valence-corrected chi connectivity index (χ3v) is 6.34. The van der Waals surface area contributed by atoms with Crippen LogP contribution < -0.4 is 15.0 Å². The molecule has 0 radical (unpaired) electrons. The number of hydrogen-bond donors (Lipinski definition) is 1. The number of nitrogens with one attached hydrogen (secondary N) is 1. The highest BCUT2D eigenvalue weighted by atomic mass is 32.2. The molecule has 7 heteroatoms. The highest BCUT2D eigenvalue weighted by Gasteiger charge is 2.32. The Bertz CT molecular complexity index is 1060. The maximum Gasteiger partial charge on any atom is 0.283 e. The zero-order valence-electron chi connectivity index (χ0n) is 19.8. The number of carbonyl (C=O) groups excluding carboxylic acids is 2. The van der Waals surface area contributed by atoms with Crippen LogP contribution in [0.15, 0.2) is 59.2 Å². The Labute approximate surface area is 200 Å². The fourth-order valence-electron chi connectivity index (χ4n) is 3.25. The third-order valence-electron chi connectivity index (χ3n) is 5.40. The monoisotopic (exact) mass is 465 g/mol. The van der Waals surface area contributed by atoms with E-state index < -0.39 is 0 Å². The molecule has 1 aliphatic rings. The van der Waals surface area contributed by atoms with Gasteiger partial charge in [0, 0.05) is 12.1 Å². The van der Waals surface area contributed by atoms with Crippen LogP contribution in [0.4, 0.5) is 5.69 Å². The van der Waals surface area contributed by atoms with Crippen LogP contribution in [0.25, 0.3) is 6.08 Å². The minimum Gasteiger partial charge on any atom is -0.497 e. The highest BCUT2D eigenvalue weighted by molar-refractivity contribution is 8.14. The molecule has 1 N–H and O–H groups in total. The Hall–Kier alpha value is -3.06. The summed E-state index contributed by atoms with van der Waals surface area (Å²) in [6.45, 7) is 8.27. The predicted molar refractivity (Wildman–Crippen MR) is 137 cm³/mol. The number of amidine groups is 1. The number of amides is 2. The lowest BCUT2D eigenvalue weighted by atomic mass is 10.0. The molecule has 0 spiro atoms. The van der Waals surface area contributed by atoms with Crippen molar-refractivity contribution in [2.24, 2.45) is 4.99 Å². The molecule has 3 rings (SSSR count). The number of ether oxygens (including phenoxy) is 1. The van der Waals surface area contributed by atoms with Crippen molar-refractivity contribution in [3.63, 3.8) is 0 Å². The largest absolute Gasteiger partial charge is 0.497 e. The van der Waals surface area contributed by atoms with Crippen molar-refractivity contribution >= 4 is 40.5 Å². The zero-order valence-corrected chi connectivity index (χ0v) is 20.6. The molecule has 0 saturated heterocycles. The second-order valence-corrected chi connectivity index (χ2v) is 9.20. The summed E-state index contributed by atoms with van der Waals surface area (Å²) in [5.41, 5.74) is 3.12. The molecule has 0 bridgehead atoms. The van der Waals surface area contributed by atoms with Gasteiger partial charge in [0.2, 0.25) is 5.91 Å². The molecule has 174 valence electrons. The van der Waals surface area contributed by atoms with E-state index in [1.807, 2.05) is 44.2 Å². The minimum atomic E-state index is -0.235. The van der Waals surface area contributed by atoms with E-state index in [1.165, 1.54) is 22.2 Å². The molecule has 2 aromatic rings. The van der Waals surface area contributed by atoms with Crippen LogP contribution in [-0.2, 0) is 9.59 Å². The summed E-state index contributed by atoms with van der Waals surface area (Å²) >= 11 is 1.25. The van der Waals surface area contributed by atoms with Crippen LogP contribution in [0.1, 0.15) is 51.2 Å². The third kappa shape index (κ3) is 6.26. The van der Waals surface area contributed by atoms with Gasteiger partial charge in [0.1, 0.15) is 11.4 Å². The van der Waals surface area contributed by atoms with Crippen molar-refractivity contribution in [3.05, 3.63) is 65.4 Å². The number of aliphatic imine (C=N–C) groups is 1. The zero-order chi connectivity index (χ0) is 24.0. The first-order valence-corrected chi connectivity index (χ1v) is 12.1. The van der Waals surface area contributed by atoms with E-state index in [0.717, 1.165) is 12.0 Å². The molecule has 1 aliphatic heterocycles. The predicted octanol–water partition coefficient (Wildman–Crippen LogP) is 5.21. The van der Waals surface area contributed by atoms with Gasteiger partial charge in [-0.05, 0) is 48.6 Å². The molecule has 0 fully saturated rings. The second-order valence-electron chi connectivity index (χ2n) is 8.25. The Balaban J connectivity index is 1.89. The second kappa shape index (κ2) is 11.2. The van der Waals surface area contributed by atoms with E-state index in [1.54, 1.807) is 19.3 Å². The standard InChI is InChI=1S/C26H31N3O3S/c1-6-18(4)27-24(30)16-33-26-28-23(14-19-10-12-20(13-11-19)17(2)3)25(31)29(26)21-8-7-9-22(15-21)32-5/h7-15,17-18H,6,16H2,1-5H3,(H,27,30)/b23-14-. The van der Waals surface area contributed by atoms with Crippen molar-refractivity contribution in [3.8, 4) is 5.75 Å². The van der Waals surface area contributed by atoms with E-state index in [2.05, 4.69) is 36.3 Å². The average Bonchev–Trinajstić information content (AvgIpc) is 3.12. The van der Waals surface area contributed by atoms with Gasteiger partial charge in [0.15, 0.2) is 5.17 Å². The Morgan fingerprint density at radius 2 is 1.91 bits per heavy atom. The van der Waals surface area contributed by atoms with Gasteiger partial charge in [0.05, 0.1) is 18.6 Å². The minimum absolute atomic E-state index is 0.0863. The number of hydrogen-bond acceptors (Lipinski definition) is 5. The molecule has 33 heavy (non-hydrogen) atoms. The van der Waals surface area contributed by atoms with Gasteiger partial charge in [-0.1, -0.05) is 62.9 Å². The first-order valence-electron chi connectivity index (χ1n) is 11.1. The number of anilines is 1. The van der Waals surface area contributed by atoms with Crippen molar-refractivity contribution in [1.29, 1.82) is 0 Å². The van der Waals surface area contributed by atoms with Gasteiger partial charge >= 0.3 is 0 Å². The SMILES string of the molecule is CCC(C)NC(=O)CSC1=N/C(=C\c2ccc(C(C)C)cc2)C(=O)N1c1cccc(OC)c1. The smallest absolute Gasteiger partial charge is 0.283 e. The topological polar surface area (TPSA) is 71.0 Å². The number of methoxy groups -OCH3 is 1. The molecule has 6 nitrogen and oxygen atoms in total. The van der Waals surface area contributed by atoms with Gasteiger partial charge in [-0.2, -0.15) is 0 Å². The highest BCUT2D eigenvalue weighted by Crippen LogP contribution is 2.31. The van der Waals surface area contributed by atoms with Crippen LogP contribution in [-0.4, -0.2) is 35.9 Å². The fraction of sp³-hybridized carbons (Fsp3) is 0.346. The Morgan fingerprint density at radius 3 is 2.55 bits per heavy atom. The number of benzene rings is 2. The van der Waals surface area contributed by atoms with E-state index >= 15 is 0 Å². The lowest BCUT2D eigenvalue weighted by molar-refractivity contribution is -0.119.